The first-order chi connectivity index (χ1) is 10.2. The van der Waals surface area contributed by atoms with E-state index in [9.17, 15) is 8.42 Å². The van der Waals surface area contributed by atoms with Crippen molar-refractivity contribution in [1.82, 2.24) is 14.8 Å². The Labute approximate surface area is 129 Å². The van der Waals surface area contributed by atoms with Crippen LogP contribution in [0.25, 0.3) is 11.0 Å². The number of fused-ring (bicyclic) bond motifs is 1. The summed E-state index contributed by atoms with van der Waals surface area (Å²) in [6.07, 6.45) is 2.90. The molecule has 0 aliphatic rings. The molecule has 2 heterocycles. The number of nitriles is 1. The van der Waals surface area contributed by atoms with Gasteiger partial charge >= 0.3 is 0 Å². The van der Waals surface area contributed by atoms with Gasteiger partial charge in [-0.3, -0.25) is 4.68 Å². The van der Waals surface area contributed by atoms with E-state index in [1.54, 1.807) is 23.0 Å². The molecule has 0 N–H and O–H groups in total. The van der Waals surface area contributed by atoms with Gasteiger partial charge in [-0.2, -0.15) is 10.4 Å². The van der Waals surface area contributed by atoms with Gasteiger partial charge in [0.1, 0.15) is 11.8 Å². The molecule has 2 aromatic heterocycles. The summed E-state index contributed by atoms with van der Waals surface area (Å²) in [5, 5.41) is 13.9. The Morgan fingerprint density at radius 3 is 2.64 bits per heavy atom. The van der Waals surface area contributed by atoms with Crippen molar-refractivity contribution >= 4 is 20.9 Å². The molecule has 0 aliphatic heterocycles. The maximum absolute atomic E-state index is 11.7. The van der Waals surface area contributed by atoms with Crippen LogP contribution in [0.2, 0.25) is 0 Å². The zero-order chi connectivity index (χ0) is 16.5. The molecule has 0 fully saturated rings. The predicted octanol–water partition coefficient (Wildman–Crippen LogP) is 2.20. The van der Waals surface area contributed by atoms with Crippen molar-refractivity contribution in [3.05, 3.63) is 46.7 Å². The SMILES string of the molecule is C=C(C(Cn1cc2ccc(C#N)nc2n1)=C(C)C)S(C)(=O)=O. The largest absolute Gasteiger partial charge is 0.265 e. The van der Waals surface area contributed by atoms with Crippen molar-refractivity contribution in [2.45, 2.75) is 20.4 Å². The Morgan fingerprint density at radius 2 is 2.09 bits per heavy atom. The van der Waals surface area contributed by atoms with Crippen molar-refractivity contribution < 1.29 is 8.42 Å². The monoisotopic (exact) mass is 316 g/mol. The number of hydrogen-bond acceptors (Lipinski definition) is 5. The fraction of sp³-hybridized carbons (Fsp3) is 0.267. The molecule has 0 radical (unpaired) electrons. The summed E-state index contributed by atoms with van der Waals surface area (Å²) in [7, 11) is -3.36. The van der Waals surface area contributed by atoms with Crippen molar-refractivity contribution in [2.24, 2.45) is 0 Å². The Kier molecular flexibility index (Phi) is 4.15. The zero-order valence-corrected chi connectivity index (χ0v) is 13.5. The highest BCUT2D eigenvalue weighted by Gasteiger charge is 2.16. The third-order valence-electron chi connectivity index (χ3n) is 3.24. The van der Waals surface area contributed by atoms with E-state index in [-0.39, 0.29) is 11.4 Å². The lowest BCUT2D eigenvalue weighted by Gasteiger charge is -2.11. The summed E-state index contributed by atoms with van der Waals surface area (Å²) in [5.41, 5.74) is 2.23. The molecule has 0 amide bonds. The summed E-state index contributed by atoms with van der Waals surface area (Å²) in [6, 6.07) is 5.34. The van der Waals surface area contributed by atoms with E-state index in [4.69, 9.17) is 5.26 Å². The second-order valence-electron chi connectivity index (χ2n) is 5.22. The molecule has 2 aromatic rings. The highest BCUT2D eigenvalue weighted by molar-refractivity contribution is 7.94. The van der Waals surface area contributed by atoms with Crippen molar-refractivity contribution in [2.75, 3.05) is 6.26 Å². The van der Waals surface area contributed by atoms with Crippen LogP contribution < -0.4 is 0 Å². The quantitative estimate of drug-likeness (QED) is 0.807. The van der Waals surface area contributed by atoms with Gasteiger partial charge in [0.25, 0.3) is 0 Å². The first-order valence-corrected chi connectivity index (χ1v) is 8.41. The number of aromatic nitrogens is 3. The Morgan fingerprint density at radius 1 is 1.41 bits per heavy atom. The summed E-state index contributed by atoms with van der Waals surface area (Å²) >= 11 is 0. The third-order valence-corrected chi connectivity index (χ3v) is 4.38. The number of allylic oxidation sites excluding steroid dienone is 2. The minimum absolute atomic E-state index is 0.0951. The van der Waals surface area contributed by atoms with Crippen LogP contribution in [0.15, 0.2) is 41.0 Å². The van der Waals surface area contributed by atoms with Crippen LogP contribution in [0, 0.1) is 11.3 Å². The molecular weight excluding hydrogens is 300 g/mol. The molecule has 0 bridgehead atoms. The van der Waals surface area contributed by atoms with Crippen LogP contribution in [0.1, 0.15) is 19.5 Å². The van der Waals surface area contributed by atoms with Crippen molar-refractivity contribution in [1.29, 1.82) is 5.26 Å². The molecule has 0 aromatic carbocycles. The first kappa shape index (κ1) is 15.9. The highest BCUT2D eigenvalue weighted by Crippen LogP contribution is 2.21. The third kappa shape index (κ3) is 3.23. The maximum atomic E-state index is 11.7. The van der Waals surface area contributed by atoms with Crippen LogP contribution in [0.5, 0.6) is 0 Å². The van der Waals surface area contributed by atoms with Crippen LogP contribution >= 0.6 is 0 Å². The Bertz CT molecular complexity index is 926. The Balaban J connectivity index is 2.42. The Hall–Kier alpha value is -2.46. The van der Waals surface area contributed by atoms with Crippen LogP contribution in [0.4, 0.5) is 0 Å². The molecule has 22 heavy (non-hydrogen) atoms. The molecule has 0 saturated heterocycles. The van der Waals surface area contributed by atoms with E-state index < -0.39 is 9.84 Å². The number of sulfone groups is 1. The topological polar surface area (TPSA) is 88.6 Å². The van der Waals surface area contributed by atoms with Gasteiger partial charge in [0.15, 0.2) is 15.5 Å². The second kappa shape index (κ2) is 5.73. The molecule has 114 valence electrons. The lowest BCUT2D eigenvalue weighted by molar-refractivity contribution is 0.606. The fourth-order valence-corrected chi connectivity index (χ4v) is 2.72. The number of rotatable bonds is 4. The normalized spacial score (nSPS) is 11.2. The van der Waals surface area contributed by atoms with E-state index in [1.807, 2.05) is 19.9 Å². The lowest BCUT2D eigenvalue weighted by atomic mass is 10.1. The van der Waals surface area contributed by atoms with Gasteiger partial charge in [0, 0.05) is 17.8 Å². The van der Waals surface area contributed by atoms with Crippen LogP contribution in [0.3, 0.4) is 0 Å². The minimum Gasteiger partial charge on any atom is -0.265 e. The van der Waals surface area contributed by atoms with E-state index in [0.29, 0.717) is 16.9 Å². The second-order valence-corrected chi connectivity index (χ2v) is 7.26. The molecule has 0 aliphatic carbocycles. The maximum Gasteiger partial charge on any atom is 0.182 e. The summed E-state index contributed by atoms with van der Waals surface area (Å²) in [5.74, 6) is 0. The van der Waals surface area contributed by atoms with Gasteiger partial charge in [0.05, 0.1) is 11.4 Å². The molecule has 0 saturated carbocycles. The van der Waals surface area contributed by atoms with Gasteiger partial charge in [0.2, 0.25) is 0 Å². The van der Waals surface area contributed by atoms with Crippen LogP contribution in [-0.4, -0.2) is 29.4 Å². The fourth-order valence-electron chi connectivity index (χ4n) is 2.01. The minimum atomic E-state index is -3.36. The van der Waals surface area contributed by atoms with E-state index in [0.717, 1.165) is 17.2 Å². The van der Waals surface area contributed by atoms with E-state index >= 15 is 0 Å². The average Bonchev–Trinajstić information content (AvgIpc) is 2.83. The number of hydrogen-bond donors (Lipinski definition) is 0. The van der Waals surface area contributed by atoms with Crippen molar-refractivity contribution in [3.63, 3.8) is 0 Å². The smallest absolute Gasteiger partial charge is 0.182 e. The molecule has 0 spiro atoms. The highest BCUT2D eigenvalue weighted by atomic mass is 32.2. The summed E-state index contributed by atoms with van der Waals surface area (Å²) < 4.78 is 25.0. The van der Waals surface area contributed by atoms with E-state index in [2.05, 4.69) is 16.7 Å². The summed E-state index contributed by atoms with van der Waals surface area (Å²) in [6.45, 7) is 7.63. The summed E-state index contributed by atoms with van der Waals surface area (Å²) in [4.78, 5) is 4.21. The predicted molar refractivity (Wildman–Crippen MR) is 84.6 cm³/mol. The molecule has 0 unspecified atom stereocenters. The van der Waals surface area contributed by atoms with Gasteiger partial charge in [-0.1, -0.05) is 12.2 Å². The van der Waals surface area contributed by atoms with E-state index in [1.165, 1.54) is 0 Å². The number of pyridine rings is 1. The standard InChI is InChI=1S/C15H16N4O2S/c1-10(2)14(11(3)22(4,20)21)9-19-8-12-5-6-13(7-16)17-15(12)18-19/h5-6,8H,3,9H2,1-2,4H3. The van der Waals surface area contributed by atoms with Gasteiger partial charge in [-0.05, 0) is 31.6 Å². The lowest BCUT2D eigenvalue weighted by Crippen LogP contribution is -2.10. The van der Waals surface area contributed by atoms with Gasteiger partial charge in [-0.15, -0.1) is 0 Å². The molecular formula is C15H16N4O2S. The first-order valence-electron chi connectivity index (χ1n) is 6.52. The van der Waals surface area contributed by atoms with Gasteiger partial charge < -0.3 is 0 Å². The molecule has 0 atom stereocenters. The molecule has 7 heteroatoms. The zero-order valence-electron chi connectivity index (χ0n) is 12.7. The molecule has 6 nitrogen and oxygen atoms in total. The van der Waals surface area contributed by atoms with Gasteiger partial charge in [-0.25, -0.2) is 13.4 Å². The number of nitrogens with zero attached hydrogens (tertiary/aromatic N) is 4. The van der Waals surface area contributed by atoms with Crippen molar-refractivity contribution in [3.8, 4) is 6.07 Å². The average molecular weight is 316 g/mol. The molecule has 2 rings (SSSR count). The van der Waals surface area contributed by atoms with Crippen LogP contribution in [-0.2, 0) is 16.4 Å².